The van der Waals surface area contributed by atoms with Crippen LogP contribution in [0.15, 0.2) is 66.9 Å². The third-order valence-corrected chi connectivity index (χ3v) is 3.60. The number of aromatic nitrogens is 1. The van der Waals surface area contributed by atoms with Crippen molar-refractivity contribution in [3.05, 3.63) is 78.1 Å². The molecule has 6 nitrogen and oxygen atoms in total. The second-order valence-electron chi connectivity index (χ2n) is 5.44. The highest BCUT2D eigenvalue weighted by Crippen LogP contribution is 2.19. The maximum Gasteiger partial charge on any atom is 0.274 e. The summed E-state index contributed by atoms with van der Waals surface area (Å²) in [5, 5.41) is 14.9. The van der Waals surface area contributed by atoms with Crippen molar-refractivity contribution in [1.82, 2.24) is 4.98 Å². The number of pyridine rings is 1. The smallest absolute Gasteiger partial charge is 0.274 e. The Balaban J connectivity index is 1.68. The Kier molecular flexibility index (Phi) is 5.11. The van der Waals surface area contributed by atoms with Crippen LogP contribution in [-0.2, 0) is 0 Å². The molecule has 0 atom stereocenters. The van der Waals surface area contributed by atoms with Crippen molar-refractivity contribution in [1.29, 1.82) is 5.26 Å². The van der Waals surface area contributed by atoms with E-state index in [1.165, 1.54) is 0 Å². The Bertz CT molecular complexity index is 962. The van der Waals surface area contributed by atoms with Crippen molar-refractivity contribution in [3.8, 4) is 11.8 Å². The van der Waals surface area contributed by atoms with E-state index >= 15 is 0 Å². The zero-order valence-electron chi connectivity index (χ0n) is 14.1. The number of nitrogens with one attached hydrogen (secondary N) is 2. The maximum absolute atomic E-state index is 12.3. The second-order valence-corrected chi connectivity index (χ2v) is 5.44. The molecule has 0 radical (unpaired) electrons. The van der Waals surface area contributed by atoms with Gasteiger partial charge in [-0.1, -0.05) is 12.1 Å². The van der Waals surface area contributed by atoms with Crippen molar-refractivity contribution >= 4 is 23.0 Å². The van der Waals surface area contributed by atoms with Crippen molar-refractivity contribution in [2.45, 2.75) is 0 Å². The summed E-state index contributed by atoms with van der Waals surface area (Å²) in [6.45, 7) is 0. The number of ether oxygens (including phenoxy) is 1. The number of anilines is 3. The molecule has 3 rings (SSSR count). The normalized spacial score (nSPS) is 9.85. The molecular weight excluding hydrogens is 328 g/mol. The average molecular weight is 344 g/mol. The van der Waals surface area contributed by atoms with Crippen LogP contribution in [0, 0.1) is 11.3 Å². The molecule has 2 N–H and O–H groups in total. The van der Waals surface area contributed by atoms with Crippen LogP contribution in [0.2, 0.25) is 0 Å². The van der Waals surface area contributed by atoms with Crippen molar-refractivity contribution in [2.24, 2.45) is 0 Å². The van der Waals surface area contributed by atoms with Crippen molar-refractivity contribution < 1.29 is 9.53 Å². The number of benzene rings is 2. The van der Waals surface area contributed by atoms with E-state index in [4.69, 9.17) is 10.00 Å². The summed E-state index contributed by atoms with van der Waals surface area (Å²) in [6.07, 6.45) is 1.57. The van der Waals surface area contributed by atoms with Gasteiger partial charge in [0.1, 0.15) is 11.4 Å². The fourth-order valence-electron chi connectivity index (χ4n) is 2.33. The third-order valence-electron chi connectivity index (χ3n) is 3.60. The molecule has 26 heavy (non-hydrogen) atoms. The van der Waals surface area contributed by atoms with Gasteiger partial charge >= 0.3 is 0 Å². The van der Waals surface area contributed by atoms with Gasteiger partial charge in [-0.25, -0.2) is 4.98 Å². The van der Waals surface area contributed by atoms with E-state index in [0.29, 0.717) is 22.7 Å². The standard InChI is InChI=1S/C20H16N4O2/c1-26-18-7-3-6-16(11-18)24-20(25)19-9-8-17(13-22-19)23-15-5-2-4-14(10-15)12-21/h2-11,13,23H,1H3,(H,24,25). The molecule has 0 unspecified atom stereocenters. The van der Waals surface area contributed by atoms with Crippen molar-refractivity contribution in [2.75, 3.05) is 17.7 Å². The number of hydrogen-bond acceptors (Lipinski definition) is 5. The van der Waals surface area contributed by atoms with Gasteiger partial charge in [0.25, 0.3) is 5.91 Å². The van der Waals surface area contributed by atoms with Crippen LogP contribution in [0.1, 0.15) is 16.1 Å². The van der Waals surface area contributed by atoms with E-state index < -0.39 is 0 Å². The Morgan fingerprint density at radius 3 is 2.58 bits per heavy atom. The summed E-state index contributed by atoms with van der Waals surface area (Å²) in [5.41, 5.74) is 2.99. The fourth-order valence-corrected chi connectivity index (χ4v) is 2.33. The van der Waals surface area contributed by atoms with E-state index in [1.807, 2.05) is 6.07 Å². The minimum absolute atomic E-state index is 0.296. The predicted octanol–water partition coefficient (Wildman–Crippen LogP) is 3.96. The number of carbonyl (C=O) groups is 1. The Labute approximate surface area is 151 Å². The van der Waals surface area contributed by atoms with Crippen LogP contribution in [-0.4, -0.2) is 18.0 Å². The molecule has 128 valence electrons. The third kappa shape index (κ3) is 4.16. The molecule has 1 aromatic heterocycles. The molecule has 0 saturated carbocycles. The van der Waals surface area contributed by atoms with Crippen LogP contribution in [0.25, 0.3) is 0 Å². The topological polar surface area (TPSA) is 87.0 Å². The molecule has 3 aromatic rings. The minimum Gasteiger partial charge on any atom is -0.497 e. The Morgan fingerprint density at radius 1 is 1.04 bits per heavy atom. The van der Waals surface area contributed by atoms with Crippen LogP contribution < -0.4 is 15.4 Å². The average Bonchev–Trinajstić information content (AvgIpc) is 2.69. The number of amides is 1. The number of hydrogen-bond donors (Lipinski definition) is 2. The summed E-state index contributed by atoms with van der Waals surface area (Å²) in [6, 6.07) is 19.7. The van der Waals surface area contributed by atoms with Gasteiger partial charge in [-0.3, -0.25) is 4.79 Å². The summed E-state index contributed by atoms with van der Waals surface area (Å²) in [5.74, 6) is 0.353. The highest BCUT2D eigenvalue weighted by Gasteiger charge is 2.08. The zero-order chi connectivity index (χ0) is 18.4. The highest BCUT2D eigenvalue weighted by molar-refractivity contribution is 6.03. The van der Waals surface area contributed by atoms with Gasteiger partial charge in [0.05, 0.1) is 30.6 Å². The quantitative estimate of drug-likeness (QED) is 0.731. The molecule has 0 aliphatic carbocycles. The lowest BCUT2D eigenvalue weighted by atomic mass is 10.2. The summed E-state index contributed by atoms with van der Waals surface area (Å²) in [7, 11) is 1.57. The van der Waals surface area contributed by atoms with Gasteiger partial charge in [-0.2, -0.15) is 5.26 Å². The van der Waals surface area contributed by atoms with E-state index in [1.54, 1.807) is 67.9 Å². The first-order valence-corrected chi connectivity index (χ1v) is 7.86. The molecule has 0 aliphatic heterocycles. The van der Waals surface area contributed by atoms with Crippen LogP contribution >= 0.6 is 0 Å². The number of rotatable bonds is 5. The lowest BCUT2D eigenvalue weighted by Gasteiger charge is -2.08. The number of nitrogens with zero attached hydrogens (tertiary/aromatic N) is 2. The molecule has 0 spiro atoms. The van der Waals surface area contributed by atoms with Gasteiger partial charge in [-0.05, 0) is 42.5 Å². The summed E-state index contributed by atoms with van der Waals surface area (Å²) in [4.78, 5) is 16.5. The second kappa shape index (κ2) is 7.81. The molecule has 2 aromatic carbocycles. The lowest BCUT2D eigenvalue weighted by Crippen LogP contribution is -2.13. The van der Waals surface area contributed by atoms with Gasteiger partial charge in [0.2, 0.25) is 0 Å². The summed E-state index contributed by atoms with van der Waals surface area (Å²) < 4.78 is 5.14. The molecule has 1 heterocycles. The first kappa shape index (κ1) is 17.0. The summed E-state index contributed by atoms with van der Waals surface area (Å²) >= 11 is 0. The van der Waals surface area contributed by atoms with Crippen molar-refractivity contribution in [3.63, 3.8) is 0 Å². The van der Waals surface area contributed by atoms with E-state index in [-0.39, 0.29) is 5.91 Å². The lowest BCUT2D eigenvalue weighted by molar-refractivity contribution is 0.102. The number of methoxy groups -OCH3 is 1. The molecule has 0 fully saturated rings. The molecule has 0 saturated heterocycles. The SMILES string of the molecule is COc1cccc(NC(=O)c2ccc(Nc3cccc(C#N)c3)cn2)c1. The number of nitriles is 1. The van der Waals surface area contributed by atoms with Crippen LogP contribution in [0.5, 0.6) is 5.75 Å². The minimum atomic E-state index is -0.309. The molecule has 6 heteroatoms. The molecule has 1 amide bonds. The highest BCUT2D eigenvalue weighted by atomic mass is 16.5. The first-order valence-electron chi connectivity index (χ1n) is 7.86. The molecule has 0 aliphatic rings. The Morgan fingerprint density at radius 2 is 1.85 bits per heavy atom. The largest absolute Gasteiger partial charge is 0.497 e. The van der Waals surface area contributed by atoms with Gasteiger partial charge < -0.3 is 15.4 Å². The monoisotopic (exact) mass is 344 g/mol. The molecule has 0 bridgehead atoms. The maximum atomic E-state index is 12.3. The Hall–Kier alpha value is -3.85. The van der Waals surface area contributed by atoms with Crippen LogP contribution in [0.4, 0.5) is 17.1 Å². The van der Waals surface area contributed by atoms with Gasteiger partial charge in [0.15, 0.2) is 0 Å². The van der Waals surface area contributed by atoms with E-state index in [0.717, 1.165) is 11.4 Å². The predicted molar refractivity (Wildman–Crippen MR) is 99.6 cm³/mol. The molecular formula is C20H16N4O2. The van der Waals surface area contributed by atoms with Crippen LogP contribution in [0.3, 0.4) is 0 Å². The van der Waals surface area contributed by atoms with Gasteiger partial charge in [-0.15, -0.1) is 0 Å². The zero-order valence-corrected chi connectivity index (χ0v) is 14.1. The number of carbonyl (C=O) groups excluding carboxylic acids is 1. The van der Waals surface area contributed by atoms with Gasteiger partial charge in [0, 0.05) is 17.4 Å². The van der Waals surface area contributed by atoms with E-state index in [2.05, 4.69) is 21.7 Å². The van der Waals surface area contributed by atoms with E-state index in [9.17, 15) is 4.79 Å². The first-order chi connectivity index (χ1) is 12.7. The fraction of sp³-hybridized carbons (Fsp3) is 0.0500.